The molecule has 1 fully saturated rings. The lowest BCUT2D eigenvalue weighted by Gasteiger charge is -2.37. The van der Waals surface area contributed by atoms with Crippen LogP contribution in [0.1, 0.15) is 20.7 Å². The minimum atomic E-state index is -0.208. The van der Waals surface area contributed by atoms with E-state index in [2.05, 4.69) is 9.80 Å². The molecule has 0 atom stereocenters. The number of hydrogen-bond acceptors (Lipinski definition) is 6. The van der Waals surface area contributed by atoms with Gasteiger partial charge in [0.15, 0.2) is 0 Å². The predicted molar refractivity (Wildman–Crippen MR) is 114 cm³/mol. The molecular formula is C22H28N4O3. The summed E-state index contributed by atoms with van der Waals surface area (Å²) in [6, 6.07) is 9.63. The Hall–Kier alpha value is -2.48. The Morgan fingerprint density at radius 2 is 1.62 bits per heavy atom. The van der Waals surface area contributed by atoms with E-state index in [1.807, 2.05) is 49.3 Å². The Kier molecular flexibility index (Phi) is 5.54. The van der Waals surface area contributed by atoms with Crippen LogP contribution in [0.4, 0.5) is 5.69 Å². The highest BCUT2D eigenvalue weighted by atomic mass is 16.3. The monoisotopic (exact) mass is 396 g/mol. The summed E-state index contributed by atoms with van der Waals surface area (Å²) in [6.45, 7) is 5.39. The average molecular weight is 396 g/mol. The van der Waals surface area contributed by atoms with E-state index in [1.54, 1.807) is 0 Å². The van der Waals surface area contributed by atoms with Gasteiger partial charge in [-0.05, 0) is 32.3 Å². The van der Waals surface area contributed by atoms with Gasteiger partial charge in [0.05, 0.1) is 6.61 Å². The van der Waals surface area contributed by atoms with Crippen molar-refractivity contribution in [3.05, 3.63) is 41.5 Å². The largest absolute Gasteiger partial charge is 0.395 e. The highest BCUT2D eigenvalue weighted by Gasteiger charge is 2.33. The first-order valence-electron chi connectivity index (χ1n) is 10.2. The Morgan fingerprint density at radius 1 is 0.931 bits per heavy atom. The van der Waals surface area contributed by atoms with E-state index in [0.717, 1.165) is 42.6 Å². The molecule has 2 aromatic carbocycles. The molecule has 1 N–H and O–H groups in total. The van der Waals surface area contributed by atoms with Crippen molar-refractivity contribution < 1.29 is 14.7 Å². The van der Waals surface area contributed by atoms with Crippen molar-refractivity contribution in [2.45, 2.75) is 0 Å². The van der Waals surface area contributed by atoms with E-state index in [4.69, 9.17) is 5.11 Å². The van der Waals surface area contributed by atoms with Crippen LogP contribution < -0.4 is 4.90 Å². The van der Waals surface area contributed by atoms with Gasteiger partial charge >= 0.3 is 0 Å². The molecular weight excluding hydrogens is 368 g/mol. The molecule has 2 heterocycles. The zero-order chi connectivity index (χ0) is 20.5. The second kappa shape index (κ2) is 8.10. The fraction of sp³-hybridized carbons (Fsp3) is 0.455. The van der Waals surface area contributed by atoms with Gasteiger partial charge in [0, 0.05) is 73.4 Å². The topological polar surface area (TPSA) is 67.3 Å². The quantitative estimate of drug-likeness (QED) is 0.738. The number of aliphatic hydroxyl groups is 1. The van der Waals surface area contributed by atoms with Gasteiger partial charge in [-0.3, -0.25) is 19.4 Å². The third-order valence-electron chi connectivity index (χ3n) is 5.87. The van der Waals surface area contributed by atoms with Crippen molar-refractivity contribution >= 4 is 28.3 Å². The molecule has 7 heteroatoms. The zero-order valence-corrected chi connectivity index (χ0v) is 17.1. The molecule has 2 amide bonds. The van der Waals surface area contributed by atoms with Crippen molar-refractivity contribution in [3.63, 3.8) is 0 Å². The maximum Gasteiger partial charge on any atom is 0.261 e. The Labute approximate surface area is 171 Å². The summed E-state index contributed by atoms with van der Waals surface area (Å²) in [7, 11) is 3.86. The number of carbonyl (C=O) groups is 2. The maximum absolute atomic E-state index is 13.1. The Balaban J connectivity index is 1.69. The number of piperazine rings is 1. The van der Waals surface area contributed by atoms with E-state index in [9.17, 15) is 9.59 Å². The van der Waals surface area contributed by atoms with Crippen LogP contribution in [-0.2, 0) is 0 Å². The minimum absolute atomic E-state index is 0.176. The van der Waals surface area contributed by atoms with E-state index < -0.39 is 0 Å². The number of benzene rings is 2. The Bertz CT molecular complexity index is 913. The normalized spacial score (nSPS) is 17.7. The molecule has 2 aromatic rings. The van der Waals surface area contributed by atoms with Crippen molar-refractivity contribution in [1.29, 1.82) is 0 Å². The second-order valence-electron chi connectivity index (χ2n) is 7.98. The van der Waals surface area contributed by atoms with Crippen LogP contribution >= 0.6 is 0 Å². The smallest absolute Gasteiger partial charge is 0.261 e. The SMILES string of the molecule is CN(C)CCN1C(=O)c2cccc3c(N4CCN(CCO)CC4)ccc(c23)C1=O. The number of hydrogen-bond donors (Lipinski definition) is 1. The third kappa shape index (κ3) is 3.61. The van der Waals surface area contributed by atoms with Gasteiger partial charge in [0.1, 0.15) is 0 Å². The van der Waals surface area contributed by atoms with Crippen molar-refractivity contribution in [1.82, 2.24) is 14.7 Å². The maximum atomic E-state index is 13.1. The van der Waals surface area contributed by atoms with E-state index >= 15 is 0 Å². The number of anilines is 1. The lowest BCUT2D eigenvalue weighted by atomic mass is 9.92. The second-order valence-corrected chi connectivity index (χ2v) is 7.98. The lowest BCUT2D eigenvalue weighted by molar-refractivity contribution is 0.0601. The predicted octanol–water partition coefficient (Wildman–Crippen LogP) is 1.11. The van der Waals surface area contributed by atoms with Crippen LogP contribution in [-0.4, -0.2) is 98.1 Å². The van der Waals surface area contributed by atoms with E-state index in [-0.39, 0.29) is 18.4 Å². The zero-order valence-electron chi connectivity index (χ0n) is 17.1. The number of β-amino-alcohol motifs (C(OH)–C–C–N with tert-alkyl or cyclic N) is 1. The molecule has 4 rings (SSSR count). The molecule has 1 saturated heterocycles. The van der Waals surface area contributed by atoms with Crippen molar-refractivity contribution in [2.75, 3.05) is 71.4 Å². The number of nitrogens with zero attached hydrogens (tertiary/aromatic N) is 4. The lowest BCUT2D eigenvalue weighted by Crippen LogP contribution is -2.47. The van der Waals surface area contributed by atoms with Gasteiger partial charge < -0.3 is 14.9 Å². The first kappa shape index (κ1) is 19.8. The highest BCUT2D eigenvalue weighted by Crippen LogP contribution is 2.36. The molecule has 7 nitrogen and oxygen atoms in total. The molecule has 0 unspecified atom stereocenters. The highest BCUT2D eigenvalue weighted by molar-refractivity contribution is 6.26. The summed E-state index contributed by atoms with van der Waals surface area (Å²) < 4.78 is 0. The number of carbonyl (C=O) groups excluding carboxylic acids is 2. The molecule has 0 aromatic heterocycles. The summed E-state index contributed by atoms with van der Waals surface area (Å²) in [6.07, 6.45) is 0. The molecule has 0 saturated carbocycles. The number of rotatable bonds is 6. The van der Waals surface area contributed by atoms with Gasteiger partial charge in [0.25, 0.3) is 11.8 Å². The van der Waals surface area contributed by atoms with Gasteiger partial charge in [0.2, 0.25) is 0 Å². The molecule has 2 aliphatic rings. The van der Waals surface area contributed by atoms with Gasteiger partial charge in [-0.1, -0.05) is 12.1 Å². The first-order valence-corrected chi connectivity index (χ1v) is 10.2. The van der Waals surface area contributed by atoms with Crippen LogP contribution in [0, 0.1) is 0 Å². The first-order chi connectivity index (χ1) is 14.0. The molecule has 2 aliphatic heterocycles. The summed E-state index contributed by atoms with van der Waals surface area (Å²) in [5, 5.41) is 10.9. The van der Waals surface area contributed by atoms with Gasteiger partial charge in [-0.2, -0.15) is 0 Å². The number of amides is 2. The third-order valence-corrected chi connectivity index (χ3v) is 5.87. The standard InChI is InChI=1S/C22H28N4O3/c1-23(2)8-13-26-21(28)17-5-3-4-16-19(7-6-18(20(16)17)22(26)29)25-11-9-24(10-12-25)14-15-27/h3-7,27H,8-15H2,1-2H3. The fourth-order valence-corrected chi connectivity index (χ4v) is 4.26. The molecule has 0 spiro atoms. The summed E-state index contributed by atoms with van der Waals surface area (Å²) in [4.78, 5) is 34.0. The minimum Gasteiger partial charge on any atom is -0.395 e. The van der Waals surface area contributed by atoms with E-state index in [1.165, 1.54) is 4.90 Å². The number of likely N-dealkylation sites (N-methyl/N-ethyl adjacent to an activating group) is 1. The summed E-state index contributed by atoms with van der Waals surface area (Å²) in [5.74, 6) is -0.417. The van der Waals surface area contributed by atoms with E-state index in [0.29, 0.717) is 30.8 Å². The molecule has 0 aliphatic carbocycles. The van der Waals surface area contributed by atoms with Gasteiger partial charge in [-0.25, -0.2) is 0 Å². The van der Waals surface area contributed by atoms with Crippen LogP contribution in [0.5, 0.6) is 0 Å². The summed E-state index contributed by atoms with van der Waals surface area (Å²) >= 11 is 0. The van der Waals surface area contributed by atoms with Gasteiger partial charge in [-0.15, -0.1) is 0 Å². The van der Waals surface area contributed by atoms with Crippen LogP contribution in [0.15, 0.2) is 30.3 Å². The summed E-state index contributed by atoms with van der Waals surface area (Å²) in [5.41, 5.74) is 2.28. The Morgan fingerprint density at radius 3 is 2.28 bits per heavy atom. The average Bonchev–Trinajstić information content (AvgIpc) is 2.72. The number of imide groups is 1. The number of aliphatic hydroxyl groups excluding tert-OH is 1. The van der Waals surface area contributed by atoms with Crippen molar-refractivity contribution in [3.8, 4) is 0 Å². The van der Waals surface area contributed by atoms with Crippen LogP contribution in [0.25, 0.3) is 10.8 Å². The fourth-order valence-electron chi connectivity index (χ4n) is 4.26. The van der Waals surface area contributed by atoms with Crippen LogP contribution in [0.2, 0.25) is 0 Å². The molecule has 29 heavy (non-hydrogen) atoms. The molecule has 0 radical (unpaired) electrons. The molecule has 154 valence electrons. The van der Waals surface area contributed by atoms with Crippen LogP contribution in [0.3, 0.4) is 0 Å². The van der Waals surface area contributed by atoms with Crippen molar-refractivity contribution in [2.24, 2.45) is 0 Å². The molecule has 0 bridgehead atoms.